The van der Waals surface area contributed by atoms with Crippen molar-refractivity contribution in [2.24, 2.45) is 57.7 Å². The molecule has 9 rings (SSSR count). The fraction of sp³-hybridized carbons (Fsp3) is 0.911. The van der Waals surface area contributed by atoms with Gasteiger partial charge in [0.1, 0.15) is 11.7 Å². The number of nitrogens with zero attached hydrogens (tertiary/aromatic N) is 4. The Morgan fingerprint density at radius 2 is 1.64 bits per heavy atom. The van der Waals surface area contributed by atoms with Gasteiger partial charge in [0.15, 0.2) is 0 Å². The Kier molecular flexibility index (Phi) is 10.2. The van der Waals surface area contributed by atoms with E-state index in [0.717, 1.165) is 56.8 Å². The Bertz CT molecular complexity index is 1380. The molecule has 0 spiro atoms. The van der Waals surface area contributed by atoms with Crippen LogP contribution in [0.5, 0.6) is 0 Å². The van der Waals surface area contributed by atoms with Crippen LogP contribution in [0.2, 0.25) is 0 Å². The van der Waals surface area contributed by atoms with Crippen molar-refractivity contribution in [2.75, 3.05) is 72.0 Å². The summed E-state index contributed by atoms with van der Waals surface area (Å²) in [5, 5.41) is 11.7. The summed E-state index contributed by atoms with van der Waals surface area (Å²) < 4.78 is 7.56. The average Bonchev–Trinajstić information content (AvgIpc) is 4.03. The molecule has 0 aromatic rings. The van der Waals surface area contributed by atoms with Crippen LogP contribution in [0.3, 0.4) is 0 Å². The summed E-state index contributed by atoms with van der Waals surface area (Å²) in [6.07, 6.45) is 20.4. The number of likely N-dealkylation sites (tertiary alicyclic amines) is 2. The lowest BCUT2D eigenvalue weighted by molar-refractivity contribution is -0.197. The van der Waals surface area contributed by atoms with Gasteiger partial charge in [-0.15, -0.1) is 0 Å². The summed E-state index contributed by atoms with van der Waals surface area (Å²) in [6.45, 7) is 19.8. The molecule has 7 unspecified atom stereocenters. The third kappa shape index (κ3) is 5.82. The lowest BCUT2D eigenvalue weighted by atomic mass is 9.41. The number of allylic oxidation sites excluding steroid dienone is 1. The number of aldehydes is 1. The largest absolute Gasteiger partial charge is 0.481 e. The number of hydrogen-bond acceptors (Lipinski definition) is 7. The van der Waals surface area contributed by atoms with Crippen LogP contribution in [0.4, 0.5) is 0 Å². The van der Waals surface area contributed by atoms with Crippen molar-refractivity contribution in [3.8, 4) is 0 Å². The molecule has 4 heterocycles. The number of carboxylic acid groups (broad SMARTS) is 1. The van der Waals surface area contributed by atoms with Crippen LogP contribution >= 0.6 is 0 Å². The van der Waals surface area contributed by atoms with E-state index < -0.39 is 22.2 Å². The molecule has 11 atom stereocenters. The molecule has 1 N–H and O–H groups in total. The van der Waals surface area contributed by atoms with Gasteiger partial charge in [0.05, 0.1) is 17.6 Å². The van der Waals surface area contributed by atoms with E-state index in [-0.39, 0.29) is 30.0 Å². The summed E-state index contributed by atoms with van der Waals surface area (Å²) in [5.74, 6) is 1.87. The summed E-state index contributed by atoms with van der Waals surface area (Å²) in [7, 11) is 0. The van der Waals surface area contributed by atoms with E-state index in [9.17, 15) is 14.7 Å². The maximum Gasteiger partial charge on any atom is 0.315 e. The van der Waals surface area contributed by atoms with E-state index in [1.54, 1.807) is 0 Å². The smallest absolute Gasteiger partial charge is 0.315 e. The third-order valence-electron chi connectivity index (χ3n) is 17.9. The second-order valence-electron chi connectivity index (χ2n) is 20.4. The molecule has 4 aliphatic heterocycles. The van der Waals surface area contributed by atoms with E-state index in [2.05, 4.69) is 46.4 Å². The number of carbonyl (C=O) groups excluding carboxylic acids is 1. The molecule has 4 bridgehead atoms. The molecule has 0 radical (unpaired) electrons. The second-order valence-corrected chi connectivity index (χ2v) is 20.4. The quantitative estimate of drug-likeness (QED) is 0.182. The first kappa shape index (κ1) is 37.3. The number of piperazine rings is 1. The van der Waals surface area contributed by atoms with Gasteiger partial charge in [0.25, 0.3) is 0 Å². The van der Waals surface area contributed by atoms with Crippen LogP contribution in [0.15, 0.2) is 11.6 Å². The summed E-state index contributed by atoms with van der Waals surface area (Å²) >= 11 is 0. The number of carbonyl (C=O) groups is 2. The maximum atomic E-state index is 14.3. The molecule has 5 aliphatic carbocycles. The molecule has 0 amide bonds. The van der Waals surface area contributed by atoms with Crippen molar-refractivity contribution < 1.29 is 19.4 Å². The van der Waals surface area contributed by atoms with Crippen LogP contribution in [0, 0.1) is 57.7 Å². The first-order valence-corrected chi connectivity index (χ1v) is 22.7. The average molecular weight is 733 g/mol. The van der Waals surface area contributed by atoms with Crippen molar-refractivity contribution in [3.63, 3.8) is 0 Å². The Hall–Kier alpha value is -1.32. The van der Waals surface area contributed by atoms with Gasteiger partial charge in [0, 0.05) is 63.8 Å². The van der Waals surface area contributed by atoms with Gasteiger partial charge in [-0.1, -0.05) is 70.9 Å². The molecule has 0 aromatic heterocycles. The predicted molar refractivity (Wildman–Crippen MR) is 209 cm³/mol. The van der Waals surface area contributed by atoms with Crippen LogP contribution in [-0.4, -0.2) is 127 Å². The highest BCUT2D eigenvalue weighted by Crippen LogP contribution is 2.84. The predicted octanol–water partition coefficient (Wildman–Crippen LogP) is 6.44. The van der Waals surface area contributed by atoms with Crippen molar-refractivity contribution in [2.45, 2.75) is 129 Å². The zero-order valence-corrected chi connectivity index (χ0v) is 33.6. The van der Waals surface area contributed by atoms with E-state index >= 15 is 0 Å². The number of aliphatic carboxylic acids is 1. The lowest BCUT2D eigenvalue weighted by Crippen LogP contribution is -2.65. The molecule has 4 saturated carbocycles. The number of piperidine rings is 1. The van der Waals surface area contributed by atoms with Gasteiger partial charge in [-0.2, -0.15) is 0 Å². The van der Waals surface area contributed by atoms with Gasteiger partial charge >= 0.3 is 5.97 Å². The highest BCUT2D eigenvalue weighted by Gasteiger charge is 2.86. The van der Waals surface area contributed by atoms with Gasteiger partial charge in [-0.3, -0.25) is 19.5 Å². The van der Waals surface area contributed by atoms with Crippen molar-refractivity contribution >= 4 is 12.3 Å². The zero-order valence-electron chi connectivity index (χ0n) is 33.6. The maximum absolute atomic E-state index is 14.3. The molecule has 8 nitrogen and oxygen atoms in total. The minimum absolute atomic E-state index is 0.0977. The van der Waals surface area contributed by atoms with Crippen molar-refractivity contribution in [1.29, 1.82) is 0 Å². The van der Waals surface area contributed by atoms with E-state index in [1.165, 1.54) is 116 Å². The molecule has 8 fully saturated rings. The molecule has 9 aliphatic rings. The van der Waals surface area contributed by atoms with Gasteiger partial charge in [0.2, 0.25) is 0 Å². The fourth-order valence-corrected chi connectivity index (χ4v) is 15.5. The van der Waals surface area contributed by atoms with E-state index in [1.807, 2.05) is 0 Å². The van der Waals surface area contributed by atoms with Gasteiger partial charge in [-0.05, 0) is 112 Å². The molecular formula is C45H72N4O4. The van der Waals surface area contributed by atoms with Crippen molar-refractivity contribution in [3.05, 3.63) is 11.6 Å². The Labute approximate surface area is 320 Å². The number of hydrogen-bond donors (Lipinski definition) is 1. The third-order valence-corrected chi connectivity index (χ3v) is 17.9. The highest BCUT2D eigenvalue weighted by atomic mass is 16.5. The minimum atomic E-state index is -1.14. The monoisotopic (exact) mass is 733 g/mol. The Balaban J connectivity index is 0.925. The standard InChI is InChI=1S/C45H72N4O4/c1-31(2)39-25-35-26-43(30-50)38-12-11-32(3)37(38)27-44(35,45(39,43)42(51)52)41-24-34(23-33-9-5-6-10-33)40(53-41)29-48-16-13-36(28-48)49-21-19-47(20-22-49)18-17-46-14-7-4-8-15-46/h25,30-38,40-41H,4-24,26-29H2,1-3H3,(H,51,52)/t32-,34?,35?,36?,37-,38-,40?,41?,43?,44?,45+/m1/s1. The molecular weight excluding hydrogens is 661 g/mol. The molecule has 8 heteroatoms. The topological polar surface area (TPSA) is 76.6 Å². The van der Waals surface area contributed by atoms with E-state index in [0.29, 0.717) is 30.2 Å². The summed E-state index contributed by atoms with van der Waals surface area (Å²) in [6, 6.07) is 0.634. The number of rotatable bonds is 12. The fourth-order valence-electron chi connectivity index (χ4n) is 15.5. The van der Waals surface area contributed by atoms with Gasteiger partial charge < -0.3 is 19.5 Å². The number of fused-ring (bicyclic) bond motifs is 2. The van der Waals surface area contributed by atoms with Crippen LogP contribution in [0.1, 0.15) is 111 Å². The number of carboxylic acids is 1. The molecule has 4 saturated heterocycles. The molecule has 0 aromatic carbocycles. The van der Waals surface area contributed by atoms with Gasteiger partial charge in [-0.25, -0.2) is 0 Å². The van der Waals surface area contributed by atoms with Crippen molar-refractivity contribution in [1.82, 2.24) is 19.6 Å². The summed E-state index contributed by atoms with van der Waals surface area (Å²) in [5.41, 5.74) is -1.42. The summed E-state index contributed by atoms with van der Waals surface area (Å²) in [4.78, 5) is 38.9. The van der Waals surface area contributed by atoms with E-state index in [4.69, 9.17) is 4.74 Å². The van der Waals surface area contributed by atoms with Crippen LogP contribution in [0.25, 0.3) is 0 Å². The molecule has 296 valence electrons. The first-order valence-electron chi connectivity index (χ1n) is 22.7. The highest BCUT2D eigenvalue weighted by molar-refractivity contribution is 5.90. The Morgan fingerprint density at radius 3 is 2.34 bits per heavy atom. The zero-order chi connectivity index (χ0) is 36.5. The minimum Gasteiger partial charge on any atom is -0.481 e. The normalized spacial score (nSPS) is 45.4. The second kappa shape index (κ2) is 14.6. The molecule has 53 heavy (non-hydrogen) atoms. The number of ether oxygens (including phenoxy) is 1. The van der Waals surface area contributed by atoms with Crippen LogP contribution < -0.4 is 0 Å². The first-order chi connectivity index (χ1) is 25.7. The van der Waals surface area contributed by atoms with Crippen LogP contribution in [-0.2, 0) is 14.3 Å². The lowest BCUT2D eigenvalue weighted by Gasteiger charge is -2.60. The Morgan fingerprint density at radius 1 is 0.906 bits per heavy atom. The SMILES string of the molecule is CC(C)C1=CC2CC3(C=O)[C@@H]4CC[C@@H](C)[C@H]4CC2(C2CC(CC4CCCC4)C(CN4CCC(N5CCN(CCN6CCCCC6)CC5)C4)O2)[C@]13C(=O)O.